The summed E-state index contributed by atoms with van der Waals surface area (Å²) in [5.41, 5.74) is 1.48. The van der Waals surface area contributed by atoms with Crippen molar-refractivity contribution in [2.45, 2.75) is 13.0 Å². The van der Waals surface area contributed by atoms with Crippen LogP contribution in [0.2, 0.25) is 10.0 Å². The van der Waals surface area contributed by atoms with Crippen LogP contribution in [-0.4, -0.2) is 26.2 Å². The molecule has 0 aliphatic carbocycles. The summed E-state index contributed by atoms with van der Waals surface area (Å²) in [6.45, 7) is -2.55. The standard InChI is InChI=1S/C19H17Cl2F2NO3/c1-26-17-10-12(2-6-16(17)27-19(22)23)3-7-18(25)24-9-8-13-4-5-14(20)11-15(13)21/h2-7,10-11,19H,8-9H2,1H3,(H,24,25)/b7-3+. The van der Waals surface area contributed by atoms with Gasteiger partial charge in [-0.05, 0) is 47.9 Å². The lowest BCUT2D eigenvalue weighted by molar-refractivity contribution is -0.116. The number of carbonyl (C=O) groups excluding carboxylic acids is 1. The summed E-state index contributed by atoms with van der Waals surface area (Å²) < 4.78 is 34.0. The van der Waals surface area contributed by atoms with Crippen LogP contribution in [0.5, 0.6) is 11.5 Å². The van der Waals surface area contributed by atoms with E-state index in [4.69, 9.17) is 27.9 Å². The molecule has 0 saturated heterocycles. The number of hydrogen-bond donors (Lipinski definition) is 1. The number of benzene rings is 2. The summed E-state index contributed by atoms with van der Waals surface area (Å²) >= 11 is 11.9. The highest BCUT2D eigenvalue weighted by Gasteiger charge is 2.10. The van der Waals surface area contributed by atoms with Gasteiger partial charge in [0.1, 0.15) is 0 Å². The fraction of sp³-hybridized carbons (Fsp3) is 0.211. The van der Waals surface area contributed by atoms with Crippen molar-refractivity contribution in [1.82, 2.24) is 5.32 Å². The number of nitrogens with one attached hydrogen (secondary N) is 1. The third-order valence-corrected chi connectivity index (χ3v) is 4.13. The average molecular weight is 416 g/mol. The van der Waals surface area contributed by atoms with Gasteiger partial charge in [0.25, 0.3) is 0 Å². The molecule has 0 fully saturated rings. The Labute approximate surface area is 165 Å². The second-order valence-electron chi connectivity index (χ2n) is 5.40. The number of ether oxygens (including phenoxy) is 2. The summed E-state index contributed by atoms with van der Waals surface area (Å²) in [6.07, 6.45) is 3.44. The van der Waals surface area contributed by atoms with Crippen LogP contribution >= 0.6 is 23.2 Å². The molecule has 2 aromatic rings. The van der Waals surface area contributed by atoms with Crippen molar-refractivity contribution in [2.75, 3.05) is 13.7 Å². The number of carbonyl (C=O) groups is 1. The van der Waals surface area contributed by atoms with Crippen molar-refractivity contribution in [2.24, 2.45) is 0 Å². The van der Waals surface area contributed by atoms with Crippen LogP contribution in [0.3, 0.4) is 0 Å². The van der Waals surface area contributed by atoms with Crippen LogP contribution < -0.4 is 14.8 Å². The van der Waals surface area contributed by atoms with E-state index >= 15 is 0 Å². The van der Waals surface area contributed by atoms with Crippen molar-refractivity contribution < 1.29 is 23.0 Å². The molecule has 0 bridgehead atoms. The first-order chi connectivity index (χ1) is 12.9. The van der Waals surface area contributed by atoms with Crippen LogP contribution in [-0.2, 0) is 11.2 Å². The second kappa shape index (κ2) is 10.1. The van der Waals surface area contributed by atoms with E-state index in [0.717, 1.165) is 5.56 Å². The van der Waals surface area contributed by atoms with E-state index in [1.54, 1.807) is 18.2 Å². The van der Waals surface area contributed by atoms with E-state index in [1.165, 1.54) is 31.4 Å². The minimum absolute atomic E-state index is 0.0751. The maximum Gasteiger partial charge on any atom is 0.387 e. The maximum atomic E-state index is 12.3. The van der Waals surface area contributed by atoms with Gasteiger partial charge in [-0.3, -0.25) is 4.79 Å². The molecule has 1 amide bonds. The Hall–Kier alpha value is -2.31. The molecule has 2 rings (SSSR count). The van der Waals surface area contributed by atoms with Gasteiger partial charge in [-0.25, -0.2) is 0 Å². The van der Waals surface area contributed by atoms with Crippen molar-refractivity contribution in [3.05, 3.63) is 63.6 Å². The van der Waals surface area contributed by atoms with Crippen LogP contribution in [0.15, 0.2) is 42.5 Å². The Kier molecular flexibility index (Phi) is 7.88. The van der Waals surface area contributed by atoms with Crippen molar-refractivity contribution >= 4 is 35.2 Å². The van der Waals surface area contributed by atoms with Gasteiger partial charge in [0.2, 0.25) is 5.91 Å². The summed E-state index contributed by atoms with van der Waals surface area (Å²) in [7, 11) is 1.34. The highest BCUT2D eigenvalue weighted by atomic mass is 35.5. The molecule has 0 unspecified atom stereocenters. The number of alkyl halides is 2. The normalized spacial score (nSPS) is 11.0. The molecule has 0 radical (unpaired) electrons. The molecule has 0 saturated carbocycles. The van der Waals surface area contributed by atoms with Crippen molar-refractivity contribution in [1.29, 1.82) is 0 Å². The van der Waals surface area contributed by atoms with Gasteiger partial charge < -0.3 is 14.8 Å². The lowest BCUT2D eigenvalue weighted by Gasteiger charge is -2.10. The van der Waals surface area contributed by atoms with Gasteiger partial charge >= 0.3 is 6.61 Å². The quantitative estimate of drug-likeness (QED) is 0.618. The van der Waals surface area contributed by atoms with Gasteiger partial charge in [0.05, 0.1) is 7.11 Å². The van der Waals surface area contributed by atoms with E-state index < -0.39 is 6.61 Å². The molecule has 0 spiro atoms. The Morgan fingerprint density at radius 2 is 1.96 bits per heavy atom. The lowest BCUT2D eigenvalue weighted by Crippen LogP contribution is -2.23. The fourth-order valence-corrected chi connectivity index (χ4v) is 2.76. The largest absolute Gasteiger partial charge is 0.493 e. The van der Waals surface area contributed by atoms with Crippen molar-refractivity contribution in [3.63, 3.8) is 0 Å². The van der Waals surface area contributed by atoms with E-state index in [9.17, 15) is 13.6 Å². The van der Waals surface area contributed by atoms with E-state index in [0.29, 0.717) is 28.6 Å². The van der Waals surface area contributed by atoms with Gasteiger partial charge in [-0.15, -0.1) is 0 Å². The van der Waals surface area contributed by atoms with Crippen molar-refractivity contribution in [3.8, 4) is 11.5 Å². The molecule has 4 nitrogen and oxygen atoms in total. The first-order valence-corrected chi connectivity index (χ1v) is 8.67. The summed E-state index contributed by atoms with van der Waals surface area (Å²) in [5.74, 6) is -0.226. The van der Waals surface area contributed by atoms with E-state index in [1.807, 2.05) is 6.07 Å². The zero-order chi connectivity index (χ0) is 19.8. The minimum atomic E-state index is -2.94. The summed E-state index contributed by atoms with van der Waals surface area (Å²) in [4.78, 5) is 11.9. The van der Waals surface area contributed by atoms with Gasteiger partial charge in [0, 0.05) is 22.7 Å². The second-order valence-corrected chi connectivity index (χ2v) is 6.24. The molecule has 144 valence electrons. The maximum absolute atomic E-state index is 12.3. The predicted octanol–water partition coefficient (Wildman–Crippen LogP) is 4.98. The molecule has 2 aromatic carbocycles. The van der Waals surface area contributed by atoms with Crippen LogP contribution in [0.1, 0.15) is 11.1 Å². The first kappa shape index (κ1) is 21.0. The third kappa shape index (κ3) is 6.73. The SMILES string of the molecule is COc1cc(/C=C/C(=O)NCCc2ccc(Cl)cc2Cl)ccc1OC(F)F. The van der Waals surface area contributed by atoms with Gasteiger partial charge in [-0.2, -0.15) is 8.78 Å². The minimum Gasteiger partial charge on any atom is -0.493 e. The summed E-state index contributed by atoms with van der Waals surface area (Å²) in [6, 6.07) is 9.58. The smallest absolute Gasteiger partial charge is 0.387 e. The monoisotopic (exact) mass is 415 g/mol. The molecule has 0 heterocycles. The van der Waals surface area contributed by atoms with Crippen LogP contribution in [0, 0.1) is 0 Å². The molecule has 1 N–H and O–H groups in total. The molecular formula is C19H17Cl2F2NO3. The Morgan fingerprint density at radius 1 is 1.19 bits per heavy atom. The zero-order valence-electron chi connectivity index (χ0n) is 14.3. The van der Waals surface area contributed by atoms with E-state index in [-0.39, 0.29) is 17.4 Å². The molecule has 8 heteroatoms. The Morgan fingerprint density at radius 3 is 2.63 bits per heavy atom. The first-order valence-electron chi connectivity index (χ1n) is 7.91. The predicted molar refractivity (Wildman–Crippen MR) is 102 cm³/mol. The topological polar surface area (TPSA) is 47.6 Å². The number of rotatable bonds is 8. The number of amides is 1. The van der Waals surface area contributed by atoms with Gasteiger partial charge in [0.15, 0.2) is 11.5 Å². The molecule has 0 aliphatic heterocycles. The molecular weight excluding hydrogens is 399 g/mol. The average Bonchev–Trinajstić information content (AvgIpc) is 2.62. The lowest BCUT2D eigenvalue weighted by atomic mass is 10.1. The van der Waals surface area contributed by atoms with E-state index in [2.05, 4.69) is 10.1 Å². The highest BCUT2D eigenvalue weighted by Crippen LogP contribution is 2.29. The van der Waals surface area contributed by atoms with Crippen LogP contribution in [0.25, 0.3) is 6.08 Å². The Bertz CT molecular complexity index is 829. The summed E-state index contributed by atoms with van der Waals surface area (Å²) in [5, 5.41) is 3.84. The van der Waals surface area contributed by atoms with Gasteiger partial charge in [-0.1, -0.05) is 35.3 Å². The third-order valence-electron chi connectivity index (χ3n) is 3.54. The van der Waals surface area contributed by atoms with Crippen LogP contribution in [0.4, 0.5) is 8.78 Å². The Balaban J connectivity index is 1.90. The fourth-order valence-electron chi connectivity index (χ4n) is 2.26. The number of halogens is 4. The zero-order valence-corrected chi connectivity index (χ0v) is 15.9. The number of methoxy groups -OCH3 is 1. The molecule has 0 atom stereocenters. The molecule has 0 aliphatic rings. The number of hydrogen-bond acceptors (Lipinski definition) is 3. The molecule has 27 heavy (non-hydrogen) atoms. The molecule has 0 aromatic heterocycles. The highest BCUT2D eigenvalue weighted by molar-refractivity contribution is 6.35.